The molecule has 0 amide bonds. The van der Waals surface area contributed by atoms with Gasteiger partial charge in [-0.3, -0.25) is 4.79 Å². The van der Waals surface area contributed by atoms with E-state index in [9.17, 15) is 9.59 Å². The number of carboxylic acid groups (broad SMARTS) is 1. The van der Waals surface area contributed by atoms with Crippen LogP contribution in [-0.4, -0.2) is 21.4 Å². The lowest BCUT2D eigenvalue weighted by Gasteiger charge is -2.08. The first kappa shape index (κ1) is 13.0. The first-order valence-corrected chi connectivity index (χ1v) is 5.73. The molecule has 2 aromatic rings. The monoisotopic (exact) mass is 259 g/mol. The molecule has 1 aromatic carbocycles. The third-order valence-corrected chi connectivity index (χ3v) is 2.60. The number of hydrogen-bond donors (Lipinski definition) is 1. The van der Waals surface area contributed by atoms with Gasteiger partial charge >= 0.3 is 5.97 Å². The molecular formula is C14H13NO4. The Kier molecular flexibility index (Phi) is 4.10. The lowest BCUT2D eigenvalue weighted by atomic mass is 10.2. The number of ketones is 1. The maximum Gasteiger partial charge on any atom is 0.378 e. The second-order valence-corrected chi connectivity index (χ2v) is 3.96. The molecule has 98 valence electrons. The van der Waals surface area contributed by atoms with Crippen molar-refractivity contribution in [2.24, 2.45) is 0 Å². The summed E-state index contributed by atoms with van der Waals surface area (Å²) < 4.78 is 6.92. The third-order valence-electron chi connectivity index (χ3n) is 2.60. The van der Waals surface area contributed by atoms with E-state index in [0.29, 0.717) is 6.61 Å². The second kappa shape index (κ2) is 5.97. The quantitative estimate of drug-likeness (QED) is 0.635. The van der Waals surface area contributed by atoms with Crippen molar-refractivity contribution in [3.8, 4) is 0 Å². The maximum atomic E-state index is 11.4. The van der Waals surface area contributed by atoms with Crippen LogP contribution in [0.25, 0.3) is 0 Å². The molecule has 19 heavy (non-hydrogen) atoms. The number of carbonyl (C=O) groups excluding carboxylic acids is 1. The predicted octanol–water partition coefficient (Wildman–Crippen LogP) is 1.93. The van der Waals surface area contributed by atoms with Gasteiger partial charge in [0.2, 0.25) is 0 Å². The van der Waals surface area contributed by atoms with Gasteiger partial charge in [0.25, 0.3) is 5.78 Å². The number of Topliss-reactive ketones (excluding diaryl/α,β-unsaturated/α-hetero) is 1. The van der Waals surface area contributed by atoms with E-state index >= 15 is 0 Å². The molecule has 0 saturated carbocycles. The lowest BCUT2D eigenvalue weighted by Crippen LogP contribution is -2.18. The van der Waals surface area contributed by atoms with Gasteiger partial charge in [-0.15, -0.1) is 0 Å². The number of carboxylic acids is 1. The van der Waals surface area contributed by atoms with Crippen molar-refractivity contribution in [2.45, 2.75) is 13.3 Å². The van der Waals surface area contributed by atoms with E-state index in [1.807, 2.05) is 30.3 Å². The van der Waals surface area contributed by atoms with Crippen LogP contribution < -0.4 is 0 Å². The van der Waals surface area contributed by atoms with Crippen molar-refractivity contribution in [3.05, 3.63) is 59.9 Å². The summed E-state index contributed by atoms with van der Waals surface area (Å²) in [6, 6.07) is 12.7. The number of benzene rings is 1. The van der Waals surface area contributed by atoms with Crippen LogP contribution in [-0.2, 0) is 22.9 Å². The van der Waals surface area contributed by atoms with Crippen molar-refractivity contribution in [1.29, 1.82) is 0 Å². The highest BCUT2D eigenvalue weighted by Gasteiger charge is 2.17. The van der Waals surface area contributed by atoms with Crippen LogP contribution in [0.2, 0.25) is 0 Å². The van der Waals surface area contributed by atoms with Gasteiger partial charge in [-0.25, -0.2) is 4.79 Å². The zero-order valence-electron chi connectivity index (χ0n) is 10.2. The minimum Gasteiger partial charge on any atom is -0.475 e. The first-order chi connectivity index (χ1) is 9.18. The molecule has 1 N–H and O–H groups in total. The second-order valence-electron chi connectivity index (χ2n) is 3.96. The number of ether oxygens (including phenoxy) is 1. The minimum absolute atomic E-state index is 0.112. The fourth-order valence-corrected chi connectivity index (χ4v) is 1.68. The molecular weight excluding hydrogens is 246 g/mol. The summed E-state index contributed by atoms with van der Waals surface area (Å²) in [4.78, 5) is 22.0. The summed E-state index contributed by atoms with van der Waals surface area (Å²) in [5.74, 6) is -2.41. The highest BCUT2D eigenvalue weighted by atomic mass is 16.5. The summed E-state index contributed by atoms with van der Waals surface area (Å²) >= 11 is 0. The van der Waals surface area contributed by atoms with Crippen LogP contribution >= 0.6 is 0 Å². The average Bonchev–Trinajstić information content (AvgIpc) is 2.87. The van der Waals surface area contributed by atoms with E-state index in [0.717, 1.165) is 5.56 Å². The number of hydrogen-bond acceptors (Lipinski definition) is 3. The van der Waals surface area contributed by atoms with Gasteiger partial charge in [-0.1, -0.05) is 30.3 Å². The summed E-state index contributed by atoms with van der Waals surface area (Å²) in [5, 5.41) is 8.68. The van der Waals surface area contributed by atoms with Crippen molar-refractivity contribution >= 4 is 11.8 Å². The molecule has 0 aliphatic heterocycles. The van der Waals surface area contributed by atoms with Gasteiger partial charge in [0.15, 0.2) is 0 Å². The largest absolute Gasteiger partial charge is 0.475 e. The van der Waals surface area contributed by atoms with Crippen molar-refractivity contribution in [2.75, 3.05) is 0 Å². The minimum atomic E-state index is -1.47. The number of rotatable bonds is 6. The van der Waals surface area contributed by atoms with E-state index in [2.05, 4.69) is 0 Å². The fraction of sp³-hybridized carbons (Fsp3) is 0.143. The molecule has 5 heteroatoms. The third kappa shape index (κ3) is 3.29. The molecule has 0 aliphatic carbocycles. The zero-order valence-corrected chi connectivity index (χ0v) is 10.2. The standard InChI is InChI=1S/C14H13NO4/c16-13(14(17)18)12-7-4-8-15(12)10-19-9-11-5-2-1-3-6-11/h1-8H,9-10H2,(H,17,18). The Balaban J connectivity index is 1.95. The molecule has 0 radical (unpaired) electrons. The molecule has 0 bridgehead atoms. The van der Waals surface area contributed by atoms with Crippen LogP contribution in [0, 0.1) is 0 Å². The molecule has 0 spiro atoms. The summed E-state index contributed by atoms with van der Waals surface area (Å²) in [6.45, 7) is 0.538. The molecule has 0 saturated heterocycles. The Bertz CT molecular complexity index is 574. The predicted molar refractivity (Wildman–Crippen MR) is 67.6 cm³/mol. The highest BCUT2D eigenvalue weighted by Crippen LogP contribution is 2.06. The Morgan fingerprint density at radius 3 is 2.53 bits per heavy atom. The highest BCUT2D eigenvalue weighted by molar-refractivity contribution is 6.39. The molecule has 2 rings (SSSR count). The SMILES string of the molecule is O=C(O)C(=O)c1cccn1COCc1ccccc1. The van der Waals surface area contributed by atoms with E-state index in [-0.39, 0.29) is 12.4 Å². The Morgan fingerprint density at radius 1 is 1.11 bits per heavy atom. The Hall–Kier alpha value is -2.40. The van der Waals surface area contributed by atoms with Crippen LogP contribution in [0.5, 0.6) is 0 Å². The van der Waals surface area contributed by atoms with Crippen molar-refractivity contribution < 1.29 is 19.4 Å². The van der Waals surface area contributed by atoms with Crippen LogP contribution in [0.4, 0.5) is 0 Å². The summed E-state index contributed by atoms with van der Waals surface area (Å²) in [6.07, 6.45) is 1.61. The van der Waals surface area contributed by atoms with E-state index in [1.54, 1.807) is 12.3 Å². The molecule has 0 aliphatic rings. The Labute approximate surface area is 110 Å². The number of aliphatic carboxylic acids is 1. The number of carbonyl (C=O) groups is 2. The topological polar surface area (TPSA) is 68.5 Å². The first-order valence-electron chi connectivity index (χ1n) is 5.73. The molecule has 0 unspecified atom stereocenters. The molecule has 0 atom stereocenters. The van der Waals surface area contributed by atoms with Gasteiger partial charge < -0.3 is 14.4 Å². The smallest absolute Gasteiger partial charge is 0.378 e. The molecule has 1 heterocycles. The Morgan fingerprint density at radius 2 is 1.84 bits per heavy atom. The van der Waals surface area contributed by atoms with E-state index in [4.69, 9.17) is 9.84 Å². The van der Waals surface area contributed by atoms with Gasteiger partial charge in [0, 0.05) is 6.20 Å². The van der Waals surface area contributed by atoms with Crippen molar-refractivity contribution in [3.63, 3.8) is 0 Å². The summed E-state index contributed by atoms with van der Waals surface area (Å²) in [5.41, 5.74) is 1.13. The van der Waals surface area contributed by atoms with Crippen LogP contribution in [0.15, 0.2) is 48.7 Å². The normalized spacial score (nSPS) is 10.3. The number of nitrogens with zero attached hydrogens (tertiary/aromatic N) is 1. The average molecular weight is 259 g/mol. The van der Waals surface area contributed by atoms with Crippen LogP contribution in [0.1, 0.15) is 16.1 Å². The molecule has 5 nitrogen and oxygen atoms in total. The van der Waals surface area contributed by atoms with E-state index in [1.165, 1.54) is 10.6 Å². The van der Waals surface area contributed by atoms with Crippen LogP contribution in [0.3, 0.4) is 0 Å². The zero-order chi connectivity index (χ0) is 13.7. The van der Waals surface area contributed by atoms with Gasteiger partial charge in [0.05, 0.1) is 12.3 Å². The molecule has 0 fully saturated rings. The number of aromatic nitrogens is 1. The van der Waals surface area contributed by atoms with Crippen molar-refractivity contribution in [1.82, 2.24) is 4.57 Å². The summed E-state index contributed by atoms with van der Waals surface area (Å²) in [7, 11) is 0. The van der Waals surface area contributed by atoms with Gasteiger partial charge in [0.1, 0.15) is 6.73 Å². The van der Waals surface area contributed by atoms with E-state index < -0.39 is 11.8 Å². The maximum absolute atomic E-state index is 11.4. The van der Waals surface area contributed by atoms with Gasteiger partial charge in [-0.05, 0) is 17.7 Å². The van der Waals surface area contributed by atoms with Gasteiger partial charge in [-0.2, -0.15) is 0 Å². The molecule has 1 aromatic heterocycles. The lowest BCUT2D eigenvalue weighted by molar-refractivity contribution is -0.131. The fourth-order valence-electron chi connectivity index (χ4n) is 1.68.